The van der Waals surface area contributed by atoms with Crippen molar-refractivity contribution in [2.24, 2.45) is 0 Å². The first-order chi connectivity index (χ1) is 18.8. The van der Waals surface area contributed by atoms with Crippen molar-refractivity contribution in [3.05, 3.63) is 93.1 Å². The Balaban J connectivity index is 1.35. The highest BCUT2D eigenvalue weighted by molar-refractivity contribution is 6.42. The summed E-state index contributed by atoms with van der Waals surface area (Å²) in [5, 5.41) is 0.855. The summed E-state index contributed by atoms with van der Waals surface area (Å²) in [7, 11) is 1.74. The summed E-state index contributed by atoms with van der Waals surface area (Å²) in [6.45, 7) is 3.60. The van der Waals surface area contributed by atoms with Crippen molar-refractivity contribution in [3.8, 4) is 0 Å². The third-order valence-electron chi connectivity index (χ3n) is 7.42. The van der Waals surface area contributed by atoms with E-state index < -0.39 is 0 Å². The number of likely N-dealkylation sites (tertiary alicyclic amines) is 1. The molecular weight excluding hydrogens is 544 g/mol. The molecule has 0 radical (unpaired) electrons. The van der Waals surface area contributed by atoms with E-state index >= 15 is 0 Å². The second-order valence-electron chi connectivity index (χ2n) is 9.85. The van der Waals surface area contributed by atoms with Gasteiger partial charge in [0.2, 0.25) is 5.91 Å². The Kier molecular flexibility index (Phi) is 8.30. The molecule has 39 heavy (non-hydrogen) atoms. The first kappa shape index (κ1) is 27.3. The van der Waals surface area contributed by atoms with Crippen molar-refractivity contribution in [3.63, 3.8) is 0 Å². The fourth-order valence-electron chi connectivity index (χ4n) is 5.16. The highest BCUT2D eigenvalue weighted by Crippen LogP contribution is 2.35. The molecule has 5 rings (SSSR count). The maximum absolute atomic E-state index is 13.5. The van der Waals surface area contributed by atoms with Crippen molar-refractivity contribution in [2.75, 3.05) is 46.4 Å². The Bertz CT molecular complexity index is 1300. The number of hydrogen-bond acceptors (Lipinski definition) is 6. The number of nitrogens with one attached hydrogen (secondary N) is 2. The van der Waals surface area contributed by atoms with Gasteiger partial charge in [-0.15, -0.1) is 0 Å². The number of nitrogens with zero attached hydrogens (tertiary/aromatic N) is 3. The van der Waals surface area contributed by atoms with E-state index in [0.717, 1.165) is 30.0 Å². The van der Waals surface area contributed by atoms with Gasteiger partial charge in [-0.1, -0.05) is 41.4 Å². The van der Waals surface area contributed by atoms with E-state index in [4.69, 9.17) is 27.9 Å². The maximum atomic E-state index is 13.5. The molecule has 2 atom stereocenters. The van der Waals surface area contributed by atoms with Crippen LogP contribution in [0.2, 0.25) is 10.0 Å². The molecule has 0 bridgehead atoms. The standard InChI is InChI=1S/C28H30Cl2FN5O3/c1-34(27(37)14-18-2-5-20(31)6-3-18)25-17-36(16-21(25)19-4-7-22(29)23(30)15-19)28(38)24-8-9-26(33-32-24)35-10-12-39-13-11-35/h2-9,15,21,25,32-33H,10-14,16-17H2,1H3/t21-,25+/m1/s1. The van der Waals surface area contributed by atoms with E-state index in [1.54, 1.807) is 47.2 Å². The molecule has 206 valence electrons. The van der Waals surface area contributed by atoms with Crippen LogP contribution < -0.4 is 10.9 Å². The summed E-state index contributed by atoms with van der Waals surface area (Å²) in [5.74, 6) is 0.0556. The molecule has 2 saturated heterocycles. The van der Waals surface area contributed by atoms with Gasteiger partial charge in [-0.05, 0) is 47.5 Å². The molecule has 0 aliphatic carbocycles. The van der Waals surface area contributed by atoms with E-state index in [2.05, 4.69) is 15.8 Å². The number of morpholine rings is 1. The number of halogens is 3. The number of hydrogen-bond donors (Lipinski definition) is 2. The number of carbonyl (C=O) groups is 2. The van der Waals surface area contributed by atoms with Crippen LogP contribution in [0.5, 0.6) is 0 Å². The van der Waals surface area contributed by atoms with Crippen molar-refractivity contribution < 1.29 is 18.7 Å². The normalized spacial score (nSPS) is 21.0. The summed E-state index contributed by atoms with van der Waals surface area (Å²) in [6, 6.07) is 11.0. The fraction of sp³-hybridized carbons (Fsp3) is 0.357. The Labute approximate surface area is 236 Å². The molecule has 2 amide bonds. The molecule has 2 aromatic carbocycles. The van der Waals surface area contributed by atoms with Crippen LogP contribution in [0.15, 0.2) is 66.1 Å². The molecule has 0 unspecified atom stereocenters. The van der Waals surface area contributed by atoms with Gasteiger partial charge in [0.05, 0.1) is 35.7 Å². The summed E-state index contributed by atoms with van der Waals surface area (Å²) in [6.07, 6.45) is 3.78. The predicted molar refractivity (Wildman–Crippen MR) is 147 cm³/mol. The van der Waals surface area contributed by atoms with E-state index in [1.165, 1.54) is 12.1 Å². The molecule has 0 aromatic heterocycles. The van der Waals surface area contributed by atoms with Crippen LogP contribution >= 0.6 is 23.2 Å². The number of amides is 2. The SMILES string of the molecule is CN(C(=O)Cc1ccc(F)cc1)[C@H]1CN(C(=O)C2=CC=C(N3CCOCC3)NN2)C[C@@H]1c1ccc(Cl)c(Cl)c1. The zero-order chi connectivity index (χ0) is 27.5. The van der Waals surface area contributed by atoms with Gasteiger partial charge < -0.3 is 19.4 Å². The summed E-state index contributed by atoms with van der Waals surface area (Å²) < 4.78 is 18.7. The van der Waals surface area contributed by atoms with E-state index in [-0.39, 0.29) is 36.0 Å². The Morgan fingerprint density at radius 3 is 2.44 bits per heavy atom. The quantitative estimate of drug-likeness (QED) is 0.552. The van der Waals surface area contributed by atoms with E-state index in [9.17, 15) is 14.0 Å². The van der Waals surface area contributed by atoms with E-state index in [1.807, 2.05) is 12.1 Å². The van der Waals surface area contributed by atoms with Crippen LogP contribution in [0.25, 0.3) is 0 Å². The van der Waals surface area contributed by atoms with Crippen molar-refractivity contribution in [2.45, 2.75) is 18.4 Å². The number of rotatable bonds is 6. The number of likely N-dealkylation sites (N-methyl/N-ethyl adjacent to an activating group) is 1. The monoisotopic (exact) mass is 573 g/mol. The van der Waals surface area contributed by atoms with Gasteiger partial charge in [0.25, 0.3) is 5.91 Å². The molecule has 0 spiro atoms. The second kappa shape index (κ2) is 11.9. The smallest absolute Gasteiger partial charge is 0.271 e. The zero-order valence-electron chi connectivity index (χ0n) is 21.5. The molecule has 2 N–H and O–H groups in total. The summed E-state index contributed by atoms with van der Waals surface area (Å²) in [5.41, 5.74) is 8.19. The average molecular weight is 574 g/mol. The molecule has 3 aliphatic heterocycles. The van der Waals surface area contributed by atoms with Crippen LogP contribution in [-0.4, -0.2) is 79.0 Å². The van der Waals surface area contributed by atoms with Gasteiger partial charge in [-0.25, -0.2) is 4.39 Å². The molecule has 3 heterocycles. The Morgan fingerprint density at radius 1 is 1.03 bits per heavy atom. The number of benzene rings is 2. The number of carbonyl (C=O) groups excluding carboxylic acids is 2. The number of ether oxygens (including phenoxy) is 1. The molecule has 2 aromatic rings. The number of hydrazine groups is 1. The fourth-order valence-corrected chi connectivity index (χ4v) is 5.47. The minimum Gasteiger partial charge on any atom is -0.378 e. The van der Waals surface area contributed by atoms with Gasteiger partial charge >= 0.3 is 0 Å². The van der Waals surface area contributed by atoms with Gasteiger partial charge in [-0.2, -0.15) is 0 Å². The Morgan fingerprint density at radius 2 is 1.77 bits per heavy atom. The summed E-state index contributed by atoms with van der Waals surface area (Å²) in [4.78, 5) is 32.4. The Hall–Kier alpha value is -3.27. The topological polar surface area (TPSA) is 77.2 Å². The second-order valence-corrected chi connectivity index (χ2v) is 10.7. The van der Waals surface area contributed by atoms with E-state index in [0.29, 0.717) is 42.0 Å². The molecule has 3 aliphatic rings. The average Bonchev–Trinajstić information content (AvgIpc) is 3.41. The molecular formula is C28H30Cl2FN5O3. The molecule has 2 fully saturated rings. The van der Waals surface area contributed by atoms with Crippen LogP contribution in [-0.2, 0) is 20.7 Å². The first-order valence-corrected chi connectivity index (χ1v) is 13.6. The summed E-state index contributed by atoms with van der Waals surface area (Å²) >= 11 is 12.5. The minimum atomic E-state index is -0.351. The zero-order valence-corrected chi connectivity index (χ0v) is 23.0. The highest BCUT2D eigenvalue weighted by atomic mass is 35.5. The lowest BCUT2D eigenvalue weighted by Crippen LogP contribution is -2.48. The largest absolute Gasteiger partial charge is 0.378 e. The van der Waals surface area contributed by atoms with Crippen molar-refractivity contribution in [1.82, 2.24) is 25.6 Å². The third-order valence-corrected chi connectivity index (χ3v) is 8.16. The van der Waals surface area contributed by atoms with Gasteiger partial charge in [0.15, 0.2) is 0 Å². The maximum Gasteiger partial charge on any atom is 0.271 e. The lowest BCUT2D eigenvalue weighted by molar-refractivity contribution is -0.132. The molecule has 0 saturated carbocycles. The van der Waals surface area contributed by atoms with Crippen molar-refractivity contribution in [1.29, 1.82) is 0 Å². The van der Waals surface area contributed by atoms with Crippen molar-refractivity contribution >= 4 is 35.0 Å². The lowest BCUT2D eigenvalue weighted by atomic mass is 9.93. The first-order valence-electron chi connectivity index (χ1n) is 12.8. The van der Waals surface area contributed by atoms with Crippen LogP contribution in [0.4, 0.5) is 4.39 Å². The molecule has 11 heteroatoms. The molecule has 8 nitrogen and oxygen atoms in total. The van der Waals surface area contributed by atoms with Gasteiger partial charge in [0.1, 0.15) is 17.3 Å². The predicted octanol–water partition coefficient (Wildman–Crippen LogP) is 3.29. The van der Waals surface area contributed by atoms with Crippen LogP contribution in [0.1, 0.15) is 17.0 Å². The number of allylic oxidation sites excluding steroid dienone is 2. The van der Waals surface area contributed by atoms with Gasteiger partial charge in [-0.3, -0.25) is 20.4 Å². The lowest BCUT2D eigenvalue weighted by Gasteiger charge is -2.33. The van der Waals surface area contributed by atoms with Crippen LogP contribution in [0, 0.1) is 5.82 Å². The third kappa shape index (κ3) is 6.16. The van der Waals surface area contributed by atoms with Gasteiger partial charge in [0, 0.05) is 39.1 Å². The van der Waals surface area contributed by atoms with Crippen LogP contribution in [0.3, 0.4) is 0 Å². The minimum absolute atomic E-state index is 0.124. The highest BCUT2D eigenvalue weighted by Gasteiger charge is 2.41.